The Kier molecular flexibility index (Phi) is 7.98. The van der Waals surface area contributed by atoms with E-state index in [1.54, 1.807) is 0 Å². The maximum Gasteiger partial charge on any atom is 0.361 e. The number of anilines is 1. The Morgan fingerprint density at radius 2 is 2.10 bits per heavy atom. The van der Waals surface area contributed by atoms with E-state index in [1.807, 2.05) is 0 Å². The van der Waals surface area contributed by atoms with Crippen LogP contribution >= 0.6 is 19.2 Å². The number of hydrogen-bond donors (Lipinski definition) is 6. The van der Waals surface area contributed by atoms with Crippen molar-refractivity contribution < 1.29 is 47.6 Å². The maximum absolute atomic E-state index is 12.7. The van der Waals surface area contributed by atoms with Crippen LogP contribution < -0.4 is 5.32 Å². The molecule has 0 aromatic carbocycles. The molecule has 2 aliphatic rings. The summed E-state index contributed by atoms with van der Waals surface area (Å²) in [5.74, 6) is 0.492. The van der Waals surface area contributed by atoms with Gasteiger partial charge >= 0.3 is 7.60 Å². The standard InChI is InChI=1S/C21H31ClN9O9P/c1-37-9-21(41(34,35)36,10-38-8-14-27-29-30-28-14)39-7-13-15(32)16(33)19(40-13)31-18-12(6-23-31)17(25-20(22)26-18)24-11-4-2-3-5-11/h6,11,13,15-16,19,32-33H,2-5,7-10H2,1H3,(H,24,25,26)(H2,34,35,36)(H,27,28,29,30)/t13-,15-,16-,19-,21+/m1/s1/i1D3. The van der Waals surface area contributed by atoms with Crippen LogP contribution in [0.5, 0.6) is 0 Å². The van der Waals surface area contributed by atoms with Crippen molar-refractivity contribution in [3.05, 3.63) is 17.3 Å². The van der Waals surface area contributed by atoms with Crippen molar-refractivity contribution in [2.24, 2.45) is 0 Å². The molecular weight excluding hydrogens is 589 g/mol. The first-order chi connectivity index (χ1) is 20.8. The fourth-order valence-corrected chi connectivity index (χ4v) is 5.70. The number of nitrogens with one attached hydrogen (secondary N) is 2. The average Bonchev–Trinajstić information content (AvgIpc) is 3.75. The lowest BCUT2D eigenvalue weighted by Gasteiger charge is -2.34. The molecule has 0 bridgehead atoms. The molecule has 3 aromatic rings. The molecule has 226 valence electrons. The quantitative estimate of drug-likeness (QED) is 0.106. The van der Waals surface area contributed by atoms with Gasteiger partial charge in [-0.25, -0.2) is 4.68 Å². The molecule has 1 saturated carbocycles. The molecule has 41 heavy (non-hydrogen) atoms. The second kappa shape index (κ2) is 12.5. The number of aromatic amines is 1. The molecule has 1 aliphatic heterocycles. The van der Waals surface area contributed by atoms with Gasteiger partial charge in [0, 0.05) is 13.1 Å². The van der Waals surface area contributed by atoms with E-state index in [0.29, 0.717) is 11.2 Å². The van der Waals surface area contributed by atoms with Gasteiger partial charge in [0.1, 0.15) is 30.7 Å². The van der Waals surface area contributed by atoms with Crippen LogP contribution in [0.1, 0.15) is 41.8 Å². The van der Waals surface area contributed by atoms with Gasteiger partial charge < -0.3 is 44.3 Å². The number of methoxy groups -OCH3 is 1. The first-order valence-corrected chi connectivity index (χ1v) is 14.6. The molecule has 0 unspecified atom stereocenters. The number of fused-ring (bicyclic) bond motifs is 1. The highest BCUT2D eigenvalue weighted by Gasteiger charge is 2.52. The number of H-pyrrole nitrogens is 1. The molecule has 0 spiro atoms. The highest BCUT2D eigenvalue weighted by atomic mass is 35.5. The van der Waals surface area contributed by atoms with Crippen LogP contribution in [0, 0.1) is 0 Å². The number of nitrogens with zero attached hydrogens (tertiary/aromatic N) is 7. The number of aliphatic hydroxyl groups is 2. The first-order valence-electron chi connectivity index (χ1n) is 14.1. The summed E-state index contributed by atoms with van der Waals surface area (Å²) < 4.78 is 57.3. The SMILES string of the molecule is [2H]C([2H])([2H])OC[C@](COCc1nn[nH]n1)(OC[C@H]1O[C@@H](n2ncc3c(NC4CCCC4)nc(Cl)nc32)[C@H](O)[C@@H]1O)P(=O)(O)O. The molecule has 0 amide bonds. The minimum atomic E-state index is -5.35. The largest absolute Gasteiger partial charge is 0.387 e. The van der Waals surface area contributed by atoms with E-state index in [-0.39, 0.29) is 29.4 Å². The third-order valence-corrected chi connectivity index (χ3v) is 8.61. The van der Waals surface area contributed by atoms with Gasteiger partial charge in [0.25, 0.3) is 0 Å². The van der Waals surface area contributed by atoms with E-state index in [2.05, 4.69) is 41.0 Å². The lowest BCUT2D eigenvalue weighted by Crippen LogP contribution is -2.45. The Morgan fingerprint density at radius 3 is 2.80 bits per heavy atom. The molecule has 0 radical (unpaired) electrons. The van der Waals surface area contributed by atoms with Crippen LogP contribution in [-0.2, 0) is 30.1 Å². The molecular formula is C21H31ClN9O9P. The van der Waals surface area contributed by atoms with Crippen molar-refractivity contribution in [2.75, 3.05) is 32.2 Å². The van der Waals surface area contributed by atoms with Crippen molar-refractivity contribution in [3.63, 3.8) is 0 Å². The van der Waals surface area contributed by atoms with Crippen LogP contribution in [0.15, 0.2) is 6.20 Å². The predicted octanol–water partition coefficient (Wildman–Crippen LogP) is -0.280. The fraction of sp³-hybridized carbons (Fsp3) is 0.714. The topological polar surface area (TPSA) is 245 Å². The van der Waals surface area contributed by atoms with Crippen LogP contribution in [0.3, 0.4) is 0 Å². The normalized spacial score (nSPS) is 26.6. The molecule has 1 aliphatic carbocycles. The number of ether oxygens (including phenoxy) is 4. The van der Waals surface area contributed by atoms with Gasteiger partial charge in [-0.2, -0.15) is 20.3 Å². The molecule has 2 fully saturated rings. The van der Waals surface area contributed by atoms with Gasteiger partial charge in [0.2, 0.25) is 10.6 Å². The molecule has 6 N–H and O–H groups in total. The Labute approximate surface area is 242 Å². The van der Waals surface area contributed by atoms with E-state index in [9.17, 15) is 24.6 Å². The third-order valence-electron chi connectivity index (χ3n) is 6.99. The summed E-state index contributed by atoms with van der Waals surface area (Å²) in [5, 5.41) is 39.9. The van der Waals surface area contributed by atoms with Crippen LogP contribution in [-0.4, -0.2) is 117 Å². The highest BCUT2D eigenvalue weighted by Crippen LogP contribution is 2.52. The Bertz CT molecular complexity index is 1460. The zero-order valence-electron chi connectivity index (χ0n) is 24.4. The van der Waals surface area contributed by atoms with E-state index < -0.39 is 64.3 Å². The maximum atomic E-state index is 12.7. The number of halogens is 1. The van der Waals surface area contributed by atoms with Crippen molar-refractivity contribution in [3.8, 4) is 0 Å². The molecule has 1 saturated heterocycles. The number of hydrogen-bond acceptors (Lipinski definition) is 14. The van der Waals surface area contributed by atoms with E-state index >= 15 is 0 Å². The second-order valence-corrected chi connectivity index (χ2v) is 12.0. The zero-order chi connectivity index (χ0) is 31.7. The summed E-state index contributed by atoms with van der Waals surface area (Å²) in [6, 6.07) is 0.198. The van der Waals surface area contributed by atoms with Crippen LogP contribution in [0.2, 0.25) is 5.28 Å². The number of aromatic nitrogens is 8. The molecule has 5 atom stereocenters. The zero-order valence-corrected chi connectivity index (χ0v) is 23.1. The smallest absolute Gasteiger partial charge is 0.361 e. The Balaban J connectivity index is 1.34. The van der Waals surface area contributed by atoms with Gasteiger partial charge in [-0.3, -0.25) is 4.57 Å². The summed E-state index contributed by atoms with van der Waals surface area (Å²) in [6.45, 7) is -3.12. The number of tetrazole rings is 1. The van der Waals surface area contributed by atoms with E-state index in [0.717, 1.165) is 25.7 Å². The fourth-order valence-electron chi connectivity index (χ4n) is 4.80. The summed E-state index contributed by atoms with van der Waals surface area (Å²) in [4.78, 5) is 29.0. The Morgan fingerprint density at radius 1 is 1.29 bits per heavy atom. The minimum absolute atomic E-state index is 0.0406. The van der Waals surface area contributed by atoms with Crippen molar-refractivity contribution in [2.45, 2.75) is 68.2 Å². The van der Waals surface area contributed by atoms with Gasteiger partial charge in [-0.15, -0.1) is 10.2 Å². The molecule has 20 heteroatoms. The first kappa shape index (κ1) is 26.3. The monoisotopic (exact) mass is 622 g/mol. The summed E-state index contributed by atoms with van der Waals surface area (Å²) in [5.41, 5.74) is 0.203. The van der Waals surface area contributed by atoms with E-state index in [1.165, 1.54) is 10.9 Å². The molecule has 3 aromatic heterocycles. The van der Waals surface area contributed by atoms with Gasteiger partial charge in [-0.05, 0) is 24.4 Å². The van der Waals surface area contributed by atoms with Crippen molar-refractivity contribution >= 4 is 36.0 Å². The summed E-state index contributed by atoms with van der Waals surface area (Å²) in [6.07, 6.45) is -0.372. The second-order valence-electron chi connectivity index (χ2n) is 9.75. The van der Waals surface area contributed by atoms with Gasteiger partial charge in [0.15, 0.2) is 17.7 Å². The van der Waals surface area contributed by atoms with Crippen molar-refractivity contribution in [1.82, 2.24) is 40.4 Å². The number of aliphatic hydroxyl groups excluding tert-OH is 2. The van der Waals surface area contributed by atoms with Crippen LogP contribution in [0.4, 0.5) is 5.82 Å². The summed E-state index contributed by atoms with van der Waals surface area (Å²) in [7, 11) is -8.40. The molecule has 5 rings (SSSR count). The van der Waals surface area contributed by atoms with Gasteiger partial charge in [-0.1, -0.05) is 18.1 Å². The van der Waals surface area contributed by atoms with Gasteiger partial charge in [0.05, 0.1) is 35.5 Å². The Hall–Kier alpha value is -2.38. The lowest BCUT2D eigenvalue weighted by molar-refractivity contribution is -0.135. The third kappa shape index (κ3) is 6.36. The predicted molar refractivity (Wildman–Crippen MR) is 139 cm³/mol. The van der Waals surface area contributed by atoms with Crippen LogP contribution in [0.25, 0.3) is 11.0 Å². The lowest BCUT2D eigenvalue weighted by atomic mass is 10.1. The highest BCUT2D eigenvalue weighted by molar-refractivity contribution is 7.53. The molecule has 4 heterocycles. The number of rotatable bonds is 13. The van der Waals surface area contributed by atoms with E-state index in [4.69, 9.17) is 34.7 Å². The summed E-state index contributed by atoms with van der Waals surface area (Å²) >= 11 is 6.19. The average molecular weight is 623 g/mol. The van der Waals surface area contributed by atoms with Crippen molar-refractivity contribution in [1.29, 1.82) is 0 Å². The minimum Gasteiger partial charge on any atom is -0.387 e. The molecule has 18 nitrogen and oxygen atoms in total.